The Morgan fingerprint density at radius 2 is 2.14 bits per heavy atom. The molecule has 0 amide bonds. The van der Waals surface area contributed by atoms with E-state index in [0.717, 1.165) is 34.9 Å². The van der Waals surface area contributed by atoms with Crippen molar-refractivity contribution in [2.45, 2.75) is 12.6 Å². The molecule has 29 heavy (non-hydrogen) atoms. The number of carboxylic acid groups (broad SMARTS) is 1. The van der Waals surface area contributed by atoms with Crippen LogP contribution >= 0.6 is 0 Å². The lowest BCUT2D eigenvalue weighted by atomic mass is 10.1. The van der Waals surface area contributed by atoms with Crippen LogP contribution in [0.5, 0.6) is 5.75 Å². The second-order valence-electron chi connectivity index (χ2n) is 6.98. The van der Waals surface area contributed by atoms with Gasteiger partial charge in [-0.2, -0.15) is 0 Å². The highest BCUT2D eigenvalue weighted by Crippen LogP contribution is 2.28. The van der Waals surface area contributed by atoms with Gasteiger partial charge in [0, 0.05) is 18.7 Å². The Hall–Kier alpha value is -3.16. The topological polar surface area (TPSA) is 87.7 Å². The molecule has 1 saturated heterocycles. The lowest BCUT2D eigenvalue weighted by molar-refractivity contribution is -0.0156. The molecule has 0 bridgehead atoms. The van der Waals surface area contributed by atoms with Crippen LogP contribution < -0.4 is 4.74 Å². The third kappa shape index (κ3) is 4.31. The van der Waals surface area contributed by atoms with Gasteiger partial charge in [-0.3, -0.25) is 4.90 Å². The van der Waals surface area contributed by atoms with Crippen LogP contribution in [0.15, 0.2) is 54.7 Å². The number of aromatic nitrogens is 2. The lowest BCUT2D eigenvalue weighted by Crippen LogP contribution is -2.39. The Morgan fingerprint density at radius 3 is 2.90 bits per heavy atom. The minimum Gasteiger partial charge on any atom is -0.497 e. The number of nitrogens with zero attached hydrogens (tertiary/aromatic N) is 2. The van der Waals surface area contributed by atoms with E-state index < -0.39 is 5.97 Å². The van der Waals surface area contributed by atoms with Crippen molar-refractivity contribution < 1.29 is 19.4 Å². The van der Waals surface area contributed by atoms with E-state index in [0.29, 0.717) is 25.3 Å². The van der Waals surface area contributed by atoms with E-state index in [-0.39, 0.29) is 6.04 Å². The van der Waals surface area contributed by atoms with Crippen LogP contribution in [0.3, 0.4) is 0 Å². The molecule has 1 aliphatic rings. The van der Waals surface area contributed by atoms with Gasteiger partial charge in [-0.15, -0.1) is 0 Å². The molecular weight excluding hydrogens is 370 g/mol. The molecule has 1 unspecified atom stereocenters. The predicted molar refractivity (Wildman–Crippen MR) is 108 cm³/mol. The van der Waals surface area contributed by atoms with Crippen LogP contribution in [-0.4, -0.2) is 52.8 Å². The molecule has 1 fully saturated rings. The molecule has 1 aliphatic heterocycles. The highest BCUT2D eigenvalue weighted by molar-refractivity contribution is 5.87. The Bertz CT molecular complexity index is 984. The third-order valence-electron chi connectivity index (χ3n) is 5.12. The summed E-state index contributed by atoms with van der Waals surface area (Å²) in [6, 6.07) is 14.8. The molecule has 2 heterocycles. The summed E-state index contributed by atoms with van der Waals surface area (Å²) in [5.74, 6) is 0.734. The van der Waals surface area contributed by atoms with Crippen molar-refractivity contribution in [1.29, 1.82) is 0 Å². The summed E-state index contributed by atoms with van der Waals surface area (Å²) in [4.78, 5) is 21.4. The van der Waals surface area contributed by atoms with Crippen molar-refractivity contribution in [2.75, 3.05) is 26.9 Å². The highest BCUT2D eigenvalue weighted by Gasteiger charge is 2.27. The van der Waals surface area contributed by atoms with Gasteiger partial charge in [0.2, 0.25) is 0 Å². The van der Waals surface area contributed by atoms with E-state index in [9.17, 15) is 4.79 Å². The van der Waals surface area contributed by atoms with Crippen molar-refractivity contribution in [1.82, 2.24) is 14.9 Å². The van der Waals surface area contributed by atoms with Crippen molar-refractivity contribution in [3.8, 4) is 17.0 Å². The normalized spacial score (nSPS) is 17.2. The summed E-state index contributed by atoms with van der Waals surface area (Å²) in [6.07, 6.45) is 1.83. The van der Waals surface area contributed by atoms with E-state index >= 15 is 0 Å². The SMILES string of the molecule is COc1cccc(-c2cnc(C3COCCN3Cc3ccc(C(=O)O)cc3)[nH]2)c1. The maximum Gasteiger partial charge on any atom is 0.335 e. The molecule has 7 nitrogen and oxygen atoms in total. The van der Waals surface area contributed by atoms with Gasteiger partial charge in [0.1, 0.15) is 11.6 Å². The summed E-state index contributed by atoms with van der Waals surface area (Å²) >= 11 is 0. The number of aromatic carboxylic acids is 1. The smallest absolute Gasteiger partial charge is 0.335 e. The molecule has 2 aromatic carbocycles. The fourth-order valence-electron chi connectivity index (χ4n) is 3.51. The van der Waals surface area contributed by atoms with Gasteiger partial charge >= 0.3 is 5.97 Å². The van der Waals surface area contributed by atoms with Gasteiger partial charge in [0.25, 0.3) is 0 Å². The number of imidazole rings is 1. The van der Waals surface area contributed by atoms with Crippen LogP contribution in [0.2, 0.25) is 0 Å². The number of benzene rings is 2. The van der Waals surface area contributed by atoms with Crippen LogP contribution in [0.4, 0.5) is 0 Å². The highest BCUT2D eigenvalue weighted by atomic mass is 16.5. The Morgan fingerprint density at radius 1 is 1.31 bits per heavy atom. The van der Waals surface area contributed by atoms with Crippen molar-refractivity contribution >= 4 is 5.97 Å². The van der Waals surface area contributed by atoms with Crippen molar-refractivity contribution in [2.24, 2.45) is 0 Å². The number of carboxylic acids is 1. The van der Waals surface area contributed by atoms with E-state index in [4.69, 9.17) is 14.6 Å². The van der Waals surface area contributed by atoms with Gasteiger partial charge in [-0.1, -0.05) is 24.3 Å². The maximum absolute atomic E-state index is 11.1. The lowest BCUT2D eigenvalue weighted by Gasteiger charge is -2.34. The Balaban J connectivity index is 1.53. The molecule has 4 rings (SSSR count). The number of rotatable bonds is 6. The molecule has 1 atom stereocenters. The Kier molecular flexibility index (Phi) is 5.59. The van der Waals surface area contributed by atoms with E-state index in [1.54, 1.807) is 19.2 Å². The first-order chi connectivity index (χ1) is 14.1. The van der Waals surface area contributed by atoms with Gasteiger partial charge in [-0.05, 0) is 29.8 Å². The average molecular weight is 393 g/mol. The second kappa shape index (κ2) is 8.46. The number of methoxy groups -OCH3 is 1. The first kappa shape index (κ1) is 19.2. The summed E-state index contributed by atoms with van der Waals surface area (Å²) in [7, 11) is 1.65. The van der Waals surface area contributed by atoms with Crippen molar-refractivity contribution in [3.05, 3.63) is 71.7 Å². The summed E-state index contributed by atoms with van der Waals surface area (Å²) in [5, 5.41) is 9.07. The number of ether oxygens (including phenoxy) is 2. The monoisotopic (exact) mass is 393 g/mol. The summed E-state index contributed by atoms with van der Waals surface area (Å²) in [5.41, 5.74) is 3.29. The summed E-state index contributed by atoms with van der Waals surface area (Å²) < 4.78 is 11.0. The van der Waals surface area contributed by atoms with Gasteiger partial charge in [-0.25, -0.2) is 9.78 Å². The Labute approximate surface area is 168 Å². The number of hydrogen-bond acceptors (Lipinski definition) is 5. The number of H-pyrrole nitrogens is 1. The molecule has 2 N–H and O–H groups in total. The summed E-state index contributed by atoms with van der Waals surface area (Å²) in [6.45, 7) is 2.69. The molecule has 0 spiro atoms. The predicted octanol–water partition coefficient (Wildman–Crippen LogP) is 3.36. The number of nitrogens with one attached hydrogen (secondary N) is 1. The van der Waals surface area contributed by atoms with Gasteiger partial charge in [0.15, 0.2) is 0 Å². The van der Waals surface area contributed by atoms with Gasteiger partial charge in [0.05, 0.1) is 43.8 Å². The fourth-order valence-corrected chi connectivity index (χ4v) is 3.51. The van der Waals surface area contributed by atoms with Crippen LogP contribution in [-0.2, 0) is 11.3 Å². The first-order valence-electron chi connectivity index (χ1n) is 9.47. The number of carbonyl (C=O) groups is 1. The second-order valence-corrected chi connectivity index (χ2v) is 6.98. The molecule has 0 saturated carbocycles. The van der Waals surface area contributed by atoms with E-state index in [1.165, 1.54) is 0 Å². The average Bonchev–Trinajstić information content (AvgIpc) is 3.25. The fraction of sp³-hybridized carbons (Fsp3) is 0.273. The minimum atomic E-state index is -0.915. The number of morpholine rings is 1. The molecule has 3 aromatic rings. The first-order valence-corrected chi connectivity index (χ1v) is 9.47. The molecule has 0 radical (unpaired) electrons. The quantitative estimate of drug-likeness (QED) is 0.668. The van der Waals surface area contributed by atoms with Crippen molar-refractivity contribution in [3.63, 3.8) is 0 Å². The zero-order chi connectivity index (χ0) is 20.2. The molecule has 1 aromatic heterocycles. The molecule has 0 aliphatic carbocycles. The van der Waals surface area contributed by atoms with Crippen LogP contribution in [0.1, 0.15) is 27.8 Å². The van der Waals surface area contributed by atoms with E-state index in [1.807, 2.05) is 42.6 Å². The zero-order valence-electron chi connectivity index (χ0n) is 16.2. The molecule has 150 valence electrons. The van der Waals surface area contributed by atoms with E-state index in [2.05, 4.69) is 14.9 Å². The van der Waals surface area contributed by atoms with Crippen LogP contribution in [0.25, 0.3) is 11.3 Å². The zero-order valence-corrected chi connectivity index (χ0v) is 16.2. The number of hydrogen-bond donors (Lipinski definition) is 2. The molecule has 7 heteroatoms. The van der Waals surface area contributed by atoms with Gasteiger partial charge < -0.3 is 19.6 Å². The largest absolute Gasteiger partial charge is 0.497 e. The maximum atomic E-state index is 11.1. The third-order valence-corrected chi connectivity index (χ3v) is 5.12. The molecular formula is C22H23N3O4. The standard InChI is InChI=1S/C22H23N3O4/c1-28-18-4-2-3-17(11-18)19-12-23-21(24-19)20-14-29-10-9-25(20)13-15-5-7-16(8-6-15)22(26)27/h2-8,11-12,20H,9-10,13-14H2,1H3,(H,23,24)(H,26,27). The minimum absolute atomic E-state index is 0.00209. The van der Waals surface area contributed by atoms with Crippen LogP contribution in [0, 0.1) is 0 Å². The number of aromatic amines is 1.